The number of hydrogen-bond donors (Lipinski definition) is 1. The van der Waals surface area contributed by atoms with Gasteiger partial charge >= 0.3 is 0 Å². The van der Waals surface area contributed by atoms with Crippen LogP contribution in [0, 0.1) is 0 Å². The average molecular weight is 355 g/mol. The molecule has 1 N–H and O–H groups in total. The molecule has 1 saturated carbocycles. The highest BCUT2D eigenvalue weighted by molar-refractivity contribution is 9.10. The van der Waals surface area contributed by atoms with Crippen molar-refractivity contribution in [3.63, 3.8) is 0 Å². The van der Waals surface area contributed by atoms with Gasteiger partial charge in [-0.1, -0.05) is 41.9 Å². The molecule has 21 heavy (non-hydrogen) atoms. The van der Waals surface area contributed by atoms with Crippen LogP contribution in [0.4, 0.5) is 0 Å². The third kappa shape index (κ3) is 6.07. The predicted octanol–water partition coefficient (Wildman–Crippen LogP) is 3.56. The maximum absolute atomic E-state index is 5.80. The molecule has 1 fully saturated rings. The van der Waals surface area contributed by atoms with Gasteiger partial charge in [0.05, 0.1) is 13.2 Å². The van der Waals surface area contributed by atoms with Gasteiger partial charge in [0.1, 0.15) is 0 Å². The molecule has 0 unspecified atom stereocenters. The van der Waals surface area contributed by atoms with E-state index in [2.05, 4.69) is 58.2 Å². The standard InChI is InChI=1S/C17H27BrN2O/c1-3-20(4-2)9-10-21-13-15-6-5-14(11-17(15)18)12-19-16-7-8-16/h5-6,11,16,19H,3-4,7-10,12-13H2,1-2H3. The SMILES string of the molecule is CCN(CC)CCOCc1ccc(CNC2CC2)cc1Br. The number of likely N-dealkylation sites (N-methyl/N-ethyl adjacent to an activating group) is 1. The summed E-state index contributed by atoms with van der Waals surface area (Å²) in [6.07, 6.45) is 2.67. The fourth-order valence-corrected chi connectivity index (χ4v) is 2.82. The third-order valence-electron chi connectivity index (χ3n) is 3.99. The van der Waals surface area contributed by atoms with Crippen molar-refractivity contribution < 1.29 is 4.74 Å². The summed E-state index contributed by atoms with van der Waals surface area (Å²) >= 11 is 3.66. The molecule has 118 valence electrons. The number of benzene rings is 1. The van der Waals surface area contributed by atoms with E-state index in [4.69, 9.17) is 4.74 Å². The Morgan fingerprint density at radius 2 is 2.05 bits per heavy atom. The topological polar surface area (TPSA) is 24.5 Å². The number of nitrogens with one attached hydrogen (secondary N) is 1. The van der Waals surface area contributed by atoms with E-state index in [1.807, 2.05) is 0 Å². The number of halogens is 1. The summed E-state index contributed by atoms with van der Waals surface area (Å²) in [5.74, 6) is 0. The second kappa shape index (κ2) is 8.89. The number of hydrogen-bond acceptors (Lipinski definition) is 3. The predicted molar refractivity (Wildman–Crippen MR) is 91.4 cm³/mol. The van der Waals surface area contributed by atoms with Crippen LogP contribution < -0.4 is 5.32 Å². The van der Waals surface area contributed by atoms with Crippen molar-refractivity contribution in [3.05, 3.63) is 33.8 Å². The van der Waals surface area contributed by atoms with Crippen LogP contribution in [-0.2, 0) is 17.9 Å². The second-order valence-corrected chi connectivity index (χ2v) is 6.51. The molecule has 0 spiro atoms. The number of nitrogens with zero attached hydrogens (tertiary/aromatic N) is 1. The van der Waals surface area contributed by atoms with E-state index in [1.54, 1.807) is 0 Å². The van der Waals surface area contributed by atoms with Crippen molar-refractivity contribution in [1.82, 2.24) is 10.2 Å². The van der Waals surface area contributed by atoms with Gasteiger partial charge in [-0.15, -0.1) is 0 Å². The van der Waals surface area contributed by atoms with E-state index in [1.165, 1.54) is 24.0 Å². The Balaban J connectivity index is 1.72. The lowest BCUT2D eigenvalue weighted by molar-refractivity contribution is 0.0953. The first kappa shape index (κ1) is 16.9. The van der Waals surface area contributed by atoms with Crippen LogP contribution in [0.2, 0.25) is 0 Å². The fourth-order valence-electron chi connectivity index (χ4n) is 2.28. The van der Waals surface area contributed by atoms with Crippen LogP contribution in [0.25, 0.3) is 0 Å². The minimum atomic E-state index is 0.679. The van der Waals surface area contributed by atoms with Crippen LogP contribution in [0.5, 0.6) is 0 Å². The smallest absolute Gasteiger partial charge is 0.0728 e. The molecule has 1 aliphatic carbocycles. The Kier molecular flexibility index (Phi) is 7.17. The molecular weight excluding hydrogens is 328 g/mol. The second-order valence-electron chi connectivity index (χ2n) is 5.66. The number of rotatable bonds is 10. The highest BCUT2D eigenvalue weighted by Gasteiger charge is 2.19. The van der Waals surface area contributed by atoms with E-state index >= 15 is 0 Å². The Labute approximate surface area is 137 Å². The number of ether oxygens (including phenoxy) is 1. The van der Waals surface area contributed by atoms with Crippen LogP contribution >= 0.6 is 15.9 Å². The van der Waals surface area contributed by atoms with E-state index < -0.39 is 0 Å². The van der Waals surface area contributed by atoms with E-state index in [0.717, 1.165) is 43.3 Å². The Bertz CT molecular complexity index is 431. The van der Waals surface area contributed by atoms with Gasteiger partial charge in [0, 0.05) is 23.6 Å². The Hall–Kier alpha value is -0.420. The van der Waals surface area contributed by atoms with Gasteiger partial charge < -0.3 is 15.0 Å². The summed E-state index contributed by atoms with van der Waals surface area (Å²) in [4.78, 5) is 2.38. The monoisotopic (exact) mass is 354 g/mol. The van der Waals surface area contributed by atoms with Crippen molar-refractivity contribution in [2.45, 2.75) is 45.9 Å². The maximum Gasteiger partial charge on any atom is 0.0728 e. The first-order valence-electron chi connectivity index (χ1n) is 8.03. The van der Waals surface area contributed by atoms with E-state index in [9.17, 15) is 0 Å². The fraction of sp³-hybridized carbons (Fsp3) is 0.647. The minimum Gasteiger partial charge on any atom is -0.375 e. The zero-order valence-corrected chi connectivity index (χ0v) is 14.8. The molecule has 1 aliphatic rings. The highest BCUT2D eigenvalue weighted by Crippen LogP contribution is 2.22. The minimum absolute atomic E-state index is 0.679. The van der Waals surface area contributed by atoms with Crippen molar-refractivity contribution >= 4 is 15.9 Å². The molecular formula is C17H27BrN2O. The van der Waals surface area contributed by atoms with Gasteiger partial charge in [-0.2, -0.15) is 0 Å². The summed E-state index contributed by atoms with van der Waals surface area (Å²) < 4.78 is 6.95. The van der Waals surface area contributed by atoms with E-state index in [0.29, 0.717) is 6.61 Å². The van der Waals surface area contributed by atoms with Gasteiger partial charge in [0.2, 0.25) is 0 Å². The molecule has 4 heteroatoms. The average Bonchev–Trinajstić information content (AvgIpc) is 3.31. The summed E-state index contributed by atoms with van der Waals surface area (Å²) in [5, 5.41) is 3.54. The van der Waals surface area contributed by atoms with Gasteiger partial charge in [-0.05, 0) is 43.1 Å². The van der Waals surface area contributed by atoms with E-state index in [-0.39, 0.29) is 0 Å². The summed E-state index contributed by atoms with van der Waals surface area (Å²) in [7, 11) is 0. The molecule has 1 aromatic rings. The molecule has 0 radical (unpaired) electrons. The molecule has 0 atom stereocenters. The van der Waals surface area contributed by atoms with Crippen LogP contribution in [0.3, 0.4) is 0 Å². The van der Waals surface area contributed by atoms with Gasteiger partial charge in [-0.3, -0.25) is 0 Å². The van der Waals surface area contributed by atoms with Crippen molar-refractivity contribution in [3.8, 4) is 0 Å². The molecule has 0 aliphatic heterocycles. The van der Waals surface area contributed by atoms with Crippen LogP contribution in [0.1, 0.15) is 37.8 Å². The highest BCUT2D eigenvalue weighted by atomic mass is 79.9. The summed E-state index contributed by atoms with van der Waals surface area (Å²) in [6, 6.07) is 7.33. The molecule has 0 saturated heterocycles. The van der Waals surface area contributed by atoms with Gasteiger partial charge in [0.25, 0.3) is 0 Å². The molecule has 2 rings (SSSR count). The molecule has 0 bridgehead atoms. The third-order valence-corrected chi connectivity index (χ3v) is 4.73. The molecule has 0 amide bonds. The molecule has 0 aromatic heterocycles. The van der Waals surface area contributed by atoms with Crippen molar-refractivity contribution in [2.75, 3.05) is 26.2 Å². The van der Waals surface area contributed by atoms with Gasteiger partial charge in [-0.25, -0.2) is 0 Å². The summed E-state index contributed by atoms with van der Waals surface area (Å²) in [5.41, 5.74) is 2.56. The zero-order chi connectivity index (χ0) is 15.1. The normalized spacial score (nSPS) is 14.9. The largest absolute Gasteiger partial charge is 0.375 e. The quantitative estimate of drug-likeness (QED) is 0.650. The van der Waals surface area contributed by atoms with Crippen molar-refractivity contribution in [1.29, 1.82) is 0 Å². The molecule has 0 heterocycles. The first-order chi connectivity index (χ1) is 10.2. The van der Waals surface area contributed by atoms with Crippen molar-refractivity contribution in [2.24, 2.45) is 0 Å². The lowest BCUT2D eigenvalue weighted by Crippen LogP contribution is -2.27. The molecule has 3 nitrogen and oxygen atoms in total. The zero-order valence-electron chi connectivity index (χ0n) is 13.2. The summed E-state index contributed by atoms with van der Waals surface area (Å²) in [6.45, 7) is 10.00. The lowest BCUT2D eigenvalue weighted by Gasteiger charge is -2.17. The van der Waals surface area contributed by atoms with Crippen LogP contribution in [0.15, 0.2) is 22.7 Å². The molecule has 1 aromatic carbocycles. The van der Waals surface area contributed by atoms with Gasteiger partial charge in [0.15, 0.2) is 0 Å². The van der Waals surface area contributed by atoms with Crippen LogP contribution in [-0.4, -0.2) is 37.2 Å². The maximum atomic E-state index is 5.80. The Morgan fingerprint density at radius 1 is 1.29 bits per heavy atom. The first-order valence-corrected chi connectivity index (χ1v) is 8.83. The Morgan fingerprint density at radius 3 is 2.67 bits per heavy atom. The lowest BCUT2D eigenvalue weighted by atomic mass is 10.1.